The van der Waals surface area contributed by atoms with Gasteiger partial charge in [0.25, 0.3) is 11.6 Å². The molecule has 1 aromatic rings. The predicted octanol–water partition coefficient (Wildman–Crippen LogP) is 2.53. The summed E-state index contributed by atoms with van der Waals surface area (Å²) in [4.78, 5) is 22.1. The van der Waals surface area contributed by atoms with Crippen molar-refractivity contribution < 1.29 is 9.72 Å². The molecule has 0 unspecified atom stereocenters. The molecule has 0 saturated heterocycles. The van der Waals surface area contributed by atoms with Gasteiger partial charge in [0.2, 0.25) is 0 Å². The molecule has 1 amide bonds. The Morgan fingerprint density at radius 2 is 1.88 bits per heavy atom. The number of thiocarbonyl (C=S) groups is 1. The SMILES string of the molecule is C[C@@H]1[C@H](C)CCC[C@H]1NC(=S)NNC(=O)c1ccc([N+](=O)[O-])cc1. The Morgan fingerprint density at radius 3 is 2.50 bits per heavy atom. The van der Waals surface area contributed by atoms with Crippen LogP contribution in [0.2, 0.25) is 0 Å². The molecule has 0 heterocycles. The lowest BCUT2D eigenvalue weighted by atomic mass is 9.78. The third-order valence-electron chi connectivity index (χ3n) is 4.65. The number of nitrogens with zero attached hydrogens (tertiary/aromatic N) is 1. The van der Waals surface area contributed by atoms with Crippen LogP contribution in [0.4, 0.5) is 5.69 Å². The Hall–Kier alpha value is -2.22. The molecule has 0 aromatic heterocycles. The van der Waals surface area contributed by atoms with E-state index in [4.69, 9.17) is 12.2 Å². The van der Waals surface area contributed by atoms with E-state index in [0.29, 0.717) is 28.6 Å². The Labute approximate surface area is 146 Å². The molecular weight excluding hydrogens is 328 g/mol. The van der Waals surface area contributed by atoms with Gasteiger partial charge in [0.15, 0.2) is 5.11 Å². The highest BCUT2D eigenvalue weighted by atomic mass is 32.1. The molecule has 2 rings (SSSR count). The zero-order chi connectivity index (χ0) is 17.7. The molecule has 24 heavy (non-hydrogen) atoms. The maximum absolute atomic E-state index is 12.0. The molecule has 130 valence electrons. The van der Waals surface area contributed by atoms with Crippen molar-refractivity contribution in [3.05, 3.63) is 39.9 Å². The van der Waals surface area contributed by atoms with Gasteiger partial charge in [-0.05, 0) is 42.6 Å². The van der Waals surface area contributed by atoms with Gasteiger partial charge in [-0.2, -0.15) is 0 Å². The van der Waals surface area contributed by atoms with E-state index in [-0.39, 0.29) is 5.69 Å². The van der Waals surface area contributed by atoms with Crippen LogP contribution < -0.4 is 16.2 Å². The number of hydrogen-bond acceptors (Lipinski definition) is 4. The van der Waals surface area contributed by atoms with Gasteiger partial charge in [0, 0.05) is 23.7 Å². The van der Waals surface area contributed by atoms with Crippen LogP contribution in [0.15, 0.2) is 24.3 Å². The van der Waals surface area contributed by atoms with Crippen molar-refractivity contribution in [1.82, 2.24) is 16.2 Å². The first-order chi connectivity index (χ1) is 11.4. The maximum atomic E-state index is 12.0. The van der Waals surface area contributed by atoms with Gasteiger partial charge in [0.1, 0.15) is 0 Å². The lowest BCUT2D eigenvalue weighted by molar-refractivity contribution is -0.384. The van der Waals surface area contributed by atoms with Gasteiger partial charge in [-0.15, -0.1) is 0 Å². The molecule has 1 fully saturated rings. The summed E-state index contributed by atoms with van der Waals surface area (Å²) in [6.07, 6.45) is 3.46. The number of hydrazine groups is 1. The number of hydrogen-bond donors (Lipinski definition) is 3. The Bertz CT molecular complexity index is 620. The maximum Gasteiger partial charge on any atom is 0.269 e. The first-order valence-corrected chi connectivity index (χ1v) is 8.40. The first-order valence-electron chi connectivity index (χ1n) is 7.99. The minimum atomic E-state index is -0.509. The van der Waals surface area contributed by atoms with Crippen molar-refractivity contribution >= 4 is 28.9 Å². The number of nitro benzene ring substituents is 1. The van der Waals surface area contributed by atoms with Crippen LogP contribution in [0, 0.1) is 22.0 Å². The van der Waals surface area contributed by atoms with Crippen molar-refractivity contribution in [2.45, 2.75) is 39.2 Å². The summed E-state index contributed by atoms with van der Waals surface area (Å²) in [5, 5.41) is 14.2. The zero-order valence-electron chi connectivity index (χ0n) is 13.7. The average molecular weight is 350 g/mol. The van der Waals surface area contributed by atoms with Crippen molar-refractivity contribution in [2.24, 2.45) is 11.8 Å². The summed E-state index contributed by atoms with van der Waals surface area (Å²) in [6.45, 7) is 4.45. The summed E-state index contributed by atoms with van der Waals surface area (Å²) in [6, 6.07) is 5.67. The second-order valence-electron chi connectivity index (χ2n) is 6.23. The molecule has 1 aromatic carbocycles. The quantitative estimate of drug-likeness (QED) is 0.440. The summed E-state index contributed by atoms with van der Waals surface area (Å²) >= 11 is 5.22. The first kappa shape index (κ1) is 18.1. The highest BCUT2D eigenvalue weighted by Crippen LogP contribution is 2.29. The fourth-order valence-electron chi connectivity index (χ4n) is 2.91. The summed E-state index contributed by atoms with van der Waals surface area (Å²) < 4.78 is 0. The van der Waals surface area contributed by atoms with Crippen molar-refractivity contribution in [1.29, 1.82) is 0 Å². The van der Waals surface area contributed by atoms with Crippen molar-refractivity contribution in [2.75, 3.05) is 0 Å². The molecule has 1 aliphatic carbocycles. The summed E-state index contributed by atoms with van der Waals surface area (Å²) in [7, 11) is 0. The Kier molecular flexibility index (Phi) is 6.08. The fraction of sp³-hybridized carbons (Fsp3) is 0.500. The van der Waals surface area contributed by atoms with Gasteiger partial charge < -0.3 is 5.32 Å². The zero-order valence-corrected chi connectivity index (χ0v) is 14.6. The van der Waals surface area contributed by atoms with Crippen LogP contribution in [-0.2, 0) is 0 Å². The lowest BCUT2D eigenvalue weighted by Gasteiger charge is -2.35. The lowest BCUT2D eigenvalue weighted by Crippen LogP contribution is -2.52. The highest BCUT2D eigenvalue weighted by Gasteiger charge is 2.27. The van der Waals surface area contributed by atoms with Gasteiger partial charge in [-0.1, -0.05) is 26.7 Å². The second-order valence-corrected chi connectivity index (χ2v) is 6.64. The average Bonchev–Trinajstić information content (AvgIpc) is 2.57. The van der Waals surface area contributed by atoms with E-state index >= 15 is 0 Å². The number of amides is 1. The number of rotatable bonds is 3. The molecule has 7 nitrogen and oxygen atoms in total. The molecule has 1 saturated carbocycles. The standard InChI is InChI=1S/C16H22N4O3S/c1-10-4-3-5-14(11(10)2)17-16(24)19-18-15(21)12-6-8-13(9-7-12)20(22)23/h6-11,14H,3-5H2,1-2H3,(H,18,21)(H2,17,19,24)/t10-,11-,14-/m1/s1. The van der Waals surface area contributed by atoms with Gasteiger partial charge in [-0.3, -0.25) is 25.8 Å². The Morgan fingerprint density at radius 1 is 1.21 bits per heavy atom. The number of nitrogens with one attached hydrogen (secondary N) is 3. The van der Waals surface area contributed by atoms with Crippen LogP contribution in [0.5, 0.6) is 0 Å². The largest absolute Gasteiger partial charge is 0.358 e. The molecule has 3 atom stereocenters. The van der Waals surface area contributed by atoms with Crippen LogP contribution in [-0.4, -0.2) is 22.0 Å². The number of carbonyl (C=O) groups excluding carboxylic acids is 1. The van der Waals surface area contributed by atoms with Crippen LogP contribution in [0.3, 0.4) is 0 Å². The van der Waals surface area contributed by atoms with Crippen LogP contribution in [0.1, 0.15) is 43.5 Å². The van der Waals surface area contributed by atoms with E-state index < -0.39 is 10.8 Å². The monoisotopic (exact) mass is 350 g/mol. The van der Waals surface area contributed by atoms with E-state index in [9.17, 15) is 14.9 Å². The normalized spacial score (nSPS) is 23.2. The molecule has 3 N–H and O–H groups in total. The minimum absolute atomic E-state index is 0.0582. The molecular formula is C16H22N4O3S. The molecule has 0 bridgehead atoms. The minimum Gasteiger partial charge on any atom is -0.358 e. The van der Waals surface area contributed by atoms with Crippen LogP contribution >= 0.6 is 12.2 Å². The van der Waals surface area contributed by atoms with Crippen molar-refractivity contribution in [3.63, 3.8) is 0 Å². The summed E-state index contributed by atoms with van der Waals surface area (Å²) in [5.74, 6) is 0.761. The molecule has 0 aliphatic heterocycles. The molecule has 1 aliphatic rings. The third-order valence-corrected chi connectivity index (χ3v) is 4.87. The topological polar surface area (TPSA) is 96.3 Å². The van der Waals surface area contributed by atoms with E-state index in [1.807, 2.05) is 0 Å². The van der Waals surface area contributed by atoms with Gasteiger partial charge in [0.05, 0.1) is 4.92 Å². The number of nitro groups is 1. The summed E-state index contributed by atoms with van der Waals surface area (Å²) in [5.41, 5.74) is 5.45. The molecule has 0 spiro atoms. The van der Waals surface area contributed by atoms with Gasteiger partial charge >= 0.3 is 0 Å². The van der Waals surface area contributed by atoms with E-state index in [2.05, 4.69) is 30.0 Å². The Balaban J connectivity index is 1.82. The second kappa shape index (κ2) is 8.05. The number of benzene rings is 1. The predicted molar refractivity (Wildman–Crippen MR) is 95.4 cm³/mol. The smallest absolute Gasteiger partial charge is 0.269 e. The van der Waals surface area contributed by atoms with Crippen LogP contribution in [0.25, 0.3) is 0 Å². The molecule has 8 heteroatoms. The fourth-order valence-corrected chi connectivity index (χ4v) is 3.11. The van der Waals surface area contributed by atoms with Crippen molar-refractivity contribution in [3.8, 4) is 0 Å². The van der Waals surface area contributed by atoms with E-state index in [0.717, 1.165) is 6.42 Å². The molecule has 0 radical (unpaired) electrons. The number of carbonyl (C=O) groups is 1. The van der Waals surface area contributed by atoms with E-state index in [1.165, 1.54) is 37.1 Å². The number of non-ortho nitro benzene ring substituents is 1. The third kappa shape index (κ3) is 4.64. The van der Waals surface area contributed by atoms with E-state index in [1.54, 1.807) is 0 Å². The van der Waals surface area contributed by atoms with Gasteiger partial charge in [-0.25, -0.2) is 0 Å². The highest BCUT2D eigenvalue weighted by molar-refractivity contribution is 7.80.